The average Bonchev–Trinajstić information content (AvgIpc) is 2.80. The first kappa shape index (κ1) is 26.7. The van der Waals surface area contributed by atoms with Gasteiger partial charge in [0.15, 0.2) is 11.5 Å². The van der Waals surface area contributed by atoms with Crippen LogP contribution in [-0.2, 0) is 30.2 Å². The van der Waals surface area contributed by atoms with Crippen molar-refractivity contribution in [2.75, 3.05) is 20.8 Å². The number of aromatic hydroxyl groups is 1. The highest BCUT2D eigenvalue weighted by Crippen LogP contribution is 2.45. The van der Waals surface area contributed by atoms with E-state index in [1.807, 2.05) is 19.1 Å². The molecule has 2 heterocycles. The zero-order chi connectivity index (χ0) is 25.7. The van der Waals surface area contributed by atoms with Gasteiger partial charge in [-0.15, -0.1) is 0 Å². The number of esters is 2. The van der Waals surface area contributed by atoms with Gasteiger partial charge >= 0.3 is 11.9 Å². The van der Waals surface area contributed by atoms with Gasteiger partial charge in [0.05, 0.1) is 7.11 Å². The molecule has 1 aromatic rings. The molecular weight excluding hydrogens is 464 g/mol. The average molecular weight is 497 g/mol. The summed E-state index contributed by atoms with van der Waals surface area (Å²) in [7, 11) is 2.60. The monoisotopic (exact) mass is 496 g/mol. The van der Waals surface area contributed by atoms with Crippen LogP contribution in [-0.4, -0.2) is 84.9 Å². The van der Waals surface area contributed by atoms with Crippen molar-refractivity contribution in [2.45, 2.75) is 69.9 Å². The van der Waals surface area contributed by atoms with Crippen LogP contribution in [0.25, 0.3) is 0 Å². The molecule has 3 rings (SSSR count). The summed E-state index contributed by atoms with van der Waals surface area (Å²) in [5, 5.41) is 31.9. The molecule has 3 N–H and O–H groups in total. The first-order chi connectivity index (χ1) is 16.7. The van der Waals surface area contributed by atoms with Gasteiger partial charge in [-0.2, -0.15) is 0 Å². The Labute approximate surface area is 203 Å². The molecule has 0 aliphatic carbocycles. The molecule has 0 spiro atoms. The largest absolute Gasteiger partial charge is 0.504 e. The molecule has 194 valence electrons. The third-order valence-corrected chi connectivity index (χ3v) is 5.93. The van der Waals surface area contributed by atoms with Crippen LogP contribution in [0.1, 0.15) is 42.6 Å². The van der Waals surface area contributed by atoms with Crippen LogP contribution in [0.15, 0.2) is 18.2 Å². The van der Waals surface area contributed by atoms with E-state index in [9.17, 15) is 24.9 Å². The van der Waals surface area contributed by atoms with E-state index in [-0.39, 0.29) is 29.8 Å². The minimum Gasteiger partial charge on any atom is -0.504 e. The summed E-state index contributed by atoms with van der Waals surface area (Å²) in [6.45, 7) is 2.88. The van der Waals surface area contributed by atoms with Gasteiger partial charge in [-0.25, -0.2) is 4.79 Å². The maximum absolute atomic E-state index is 12.6. The molecule has 1 aromatic carbocycles. The second-order valence-corrected chi connectivity index (χ2v) is 8.31. The Bertz CT molecular complexity index is 944. The molecule has 1 saturated heterocycles. The van der Waals surface area contributed by atoms with Gasteiger partial charge in [0.1, 0.15) is 42.7 Å². The molecule has 0 saturated carbocycles. The van der Waals surface area contributed by atoms with Crippen molar-refractivity contribution in [2.24, 2.45) is 0 Å². The lowest BCUT2D eigenvalue weighted by Crippen LogP contribution is -2.60. The number of fused-ring (bicyclic) bond motifs is 1. The highest BCUT2D eigenvalue weighted by Gasteiger charge is 2.47. The van der Waals surface area contributed by atoms with Crippen LogP contribution < -0.4 is 9.47 Å². The summed E-state index contributed by atoms with van der Waals surface area (Å²) in [5.41, 5.74) is 0.464. The van der Waals surface area contributed by atoms with Crippen LogP contribution in [0.5, 0.6) is 17.2 Å². The van der Waals surface area contributed by atoms with Gasteiger partial charge in [-0.3, -0.25) is 4.79 Å². The summed E-state index contributed by atoms with van der Waals surface area (Å²) in [5.74, 6) is -1.87. The smallest absolute Gasteiger partial charge is 0.342 e. The summed E-state index contributed by atoms with van der Waals surface area (Å²) >= 11 is 0. The van der Waals surface area contributed by atoms with Crippen LogP contribution in [0, 0.1) is 0 Å². The lowest BCUT2D eigenvalue weighted by molar-refractivity contribution is -0.283. The third-order valence-electron chi connectivity index (χ3n) is 5.93. The zero-order valence-electron chi connectivity index (χ0n) is 20.1. The quantitative estimate of drug-likeness (QED) is 0.335. The molecule has 2 aliphatic heterocycles. The maximum Gasteiger partial charge on any atom is 0.342 e. The highest BCUT2D eigenvalue weighted by molar-refractivity contribution is 5.96. The molecule has 0 bridgehead atoms. The van der Waals surface area contributed by atoms with Crippen molar-refractivity contribution < 1.29 is 53.3 Å². The fourth-order valence-corrected chi connectivity index (χ4v) is 4.21. The number of rotatable bonds is 9. The van der Waals surface area contributed by atoms with Gasteiger partial charge in [-0.1, -0.05) is 12.2 Å². The first-order valence-corrected chi connectivity index (χ1v) is 11.3. The highest BCUT2D eigenvalue weighted by atomic mass is 16.7. The number of hydrogen-bond acceptors (Lipinski definition) is 11. The Morgan fingerprint density at radius 2 is 2.00 bits per heavy atom. The van der Waals surface area contributed by atoms with Crippen molar-refractivity contribution in [3.63, 3.8) is 0 Å². The Morgan fingerprint density at radius 1 is 1.26 bits per heavy atom. The zero-order valence-corrected chi connectivity index (χ0v) is 20.1. The Kier molecular flexibility index (Phi) is 8.95. The van der Waals surface area contributed by atoms with E-state index < -0.39 is 48.4 Å². The van der Waals surface area contributed by atoms with Crippen molar-refractivity contribution in [1.82, 2.24) is 0 Å². The number of aliphatic hydroxyl groups is 2. The van der Waals surface area contributed by atoms with E-state index in [0.29, 0.717) is 18.4 Å². The number of allylic oxidation sites excluding steroid dienone is 2. The Hall–Kier alpha value is -2.86. The fraction of sp³-hybridized carbons (Fsp3) is 0.583. The summed E-state index contributed by atoms with van der Waals surface area (Å²) < 4.78 is 32.5. The van der Waals surface area contributed by atoms with Gasteiger partial charge in [0.25, 0.3) is 0 Å². The standard InChI is InChI=1S/C24H32O11/c1-5-6-7-8-14-9-13-10-15(21(30-3)18(26)17(13)23(29)33-14)34-24-20(28)19(27)22(31-4)16(35-24)11-32-12(2)25/h5-6,10,14,16,19-20,22,24,26-28H,7-9,11H2,1-4H3/b6-5+/t14-,16+,19+,20+,22+,24+/m0/s1. The number of carbonyl (C=O) groups is 2. The lowest BCUT2D eigenvalue weighted by Gasteiger charge is -2.41. The number of hydrogen-bond donors (Lipinski definition) is 3. The molecular formula is C24H32O11. The number of ether oxygens (including phenoxy) is 6. The molecule has 0 radical (unpaired) electrons. The van der Waals surface area contributed by atoms with Crippen LogP contribution in [0.2, 0.25) is 0 Å². The van der Waals surface area contributed by atoms with E-state index in [4.69, 9.17) is 28.4 Å². The number of methoxy groups -OCH3 is 2. The van der Waals surface area contributed by atoms with Gasteiger partial charge < -0.3 is 43.7 Å². The predicted octanol–water partition coefficient (Wildman–Crippen LogP) is 1.24. The molecule has 11 nitrogen and oxygen atoms in total. The van der Waals surface area contributed by atoms with Gasteiger partial charge in [0, 0.05) is 20.5 Å². The Balaban J connectivity index is 1.88. The van der Waals surface area contributed by atoms with Gasteiger partial charge in [-0.05, 0) is 31.4 Å². The lowest BCUT2D eigenvalue weighted by atomic mass is 9.94. The summed E-state index contributed by atoms with van der Waals surface area (Å²) in [6, 6.07) is 1.52. The van der Waals surface area contributed by atoms with Gasteiger partial charge in [0.2, 0.25) is 12.0 Å². The number of phenols is 1. The summed E-state index contributed by atoms with van der Waals surface area (Å²) in [6.07, 6.45) is -1.19. The normalized spacial score (nSPS) is 28.3. The number of benzene rings is 1. The summed E-state index contributed by atoms with van der Waals surface area (Å²) in [4.78, 5) is 23.8. The third kappa shape index (κ3) is 5.87. The molecule has 1 fully saturated rings. The fourth-order valence-electron chi connectivity index (χ4n) is 4.21. The number of aliphatic hydroxyl groups excluding tert-OH is 2. The number of cyclic esters (lactones) is 1. The van der Waals surface area contributed by atoms with E-state index in [2.05, 4.69) is 0 Å². The van der Waals surface area contributed by atoms with E-state index >= 15 is 0 Å². The molecule has 2 aliphatic rings. The van der Waals surface area contributed by atoms with Crippen molar-refractivity contribution in [3.8, 4) is 17.2 Å². The van der Waals surface area contributed by atoms with E-state index in [0.717, 1.165) is 6.42 Å². The molecule has 0 amide bonds. The number of phenolic OH excluding ortho intramolecular Hbond substituents is 1. The van der Waals surface area contributed by atoms with E-state index in [1.165, 1.54) is 27.2 Å². The van der Waals surface area contributed by atoms with Crippen molar-refractivity contribution in [1.29, 1.82) is 0 Å². The first-order valence-electron chi connectivity index (χ1n) is 11.3. The maximum atomic E-state index is 12.6. The molecule has 35 heavy (non-hydrogen) atoms. The molecule has 11 heteroatoms. The van der Waals surface area contributed by atoms with E-state index in [1.54, 1.807) is 0 Å². The second kappa shape index (κ2) is 11.7. The van der Waals surface area contributed by atoms with Crippen molar-refractivity contribution >= 4 is 11.9 Å². The molecule has 6 atom stereocenters. The Morgan fingerprint density at radius 3 is 2.63 bits per heavy atom. The predicted molar refractivity (Wildman–Crippen MR) is 120 cm³/mol. The minimum atomic E-state index is -1.55. The number of carbonyl (C=O) groups excluding carboxylic acids is 2. The van der Waals surface area contributed by atoms with Crippen LogP contribution >= 0.6 is 0 Å². The molecule has 0 unspecified atom stereocenters. The second-order valence-electron chi connectivity index (χ2n) is 8.31. The molecule has 0 aromatic heterocycles. The SMILES string of the molecule is C/C=C/CC[C@H]1Cc2cc(O[C@@H]3O[C@H](COC(C)=O)[C@@H](OC)[C@H](O)[C@H]3O)c(OC)c(O)c2C(=O)O1. The van der Waals surface area contributed by atoms with Crippen molar-refractivity contribution in [3.05, 3.63) is 29.3 Å². The topological polar surface area (TPSA) is 150 Å². The van der Waals surface area contributed by atoms with Crippen LogP contribution in [0.3, 0.4) is 0 Å². The van der Waals surface area contributed by atoms with Crippen LogP contribution in [0.4, 0.5) is 0 Å². The minimum absolute atomic E-state index is 0.0102.